The molecule has 12 heavy (non-hydrogen) atoms. The molecule has 0 aliphatic heterocycles. The van der Waals surface area contributed by atoms with Crippen LogP contribution in [-0.2, 0) is 0 Å². The van der Waals surface area contributed by atoms with Gasteiger partial charge in [0.1, 0.15) is 0 Å². The van der Waals surface area contributed by atoms with Gasteiger partial charge in [0, 0.05) is 0 Å². The molecule has 0 radical (unpaired) electrons. The fourth-order valence-electron chi connectivity index (χ4n) is 1.67. The fraction of sp³-hybridized carbons (Fsp3) is 0.500. The zero-order valence-corrected chi connectivity index (χ0v) is 7.71. The van der Waals surface area contributed by atoms with Gasteiger partial charge in [0.05, 0.1) is 0 Å². The molecule has 0 aromatic carbocycles. The van der Waals surface area contributed by atoms with Crippen LogP contribution in [0, 0.1) is 11.8 Å². The van der Waals surface area contributed by atoms with Crippen molar-refractivity contribution in [3.63, 3.8) is 0 Å². The van der Waals surface area contributed by atoms with Crippen molar-refractivity contribution >= 4 is 0 Å². The van der Waals surface area contributed by atoms with E-state index >= 15 is 0 Å². The minimum atomic E-state index is 0.513. The Bertz CT molecular complexity index is 168. The van der Waals surface area contributed by atoms with Gasteiger partial charge in [-0.25, -0.2) is 0 Å². The third-order valence-electron chi connectivity index (χ3n) is 2.59. The summed E-state index contributed by atoms with van der Waals surface area (Å²) < 4.78 is 0. The predicted octanol–water partition coefficient (Wildman–Crippen LogP) is 3.72. The third-order valence-corrected chi connectivity index (χ3v) is 2.59. The summed E-state index contributed by atoms with van der Waals surface area (Å²) in [5, 5.41) is 0. The zero-order valence-electron chi connectivity index (χ0n) is 7.71. The van der Waals surface area contributed by atoms with Crippen LogP contribution in [0.15, 0.2) is 37.5 Å². The van der Waals surface area contributed by atoms with Gasteiger partial charge in [0.25, 0.3) is 0 Å². The van der Waals surface area contributed by atoms with E-state index in [0.717, 1.165) is 5.92 Å². The van der Waals surface area contributed by atoms with Crippen LogP contribution in [-0.4, -0.2) is 0 Å². The predicted molar refractivity (Wildman–Crippen MR) is 55.0 cm³/mol. The Balaban J connectivity index is 2.19. The van der Waals surface area contributed by atoms with Gasteiger partial charge in [-0.2, -0.15) is 0 Å². The second-order valence-corrected chi connectivity index (χ2v) is 3.48. The second-order valence-electron chi connectivity index (χ2n) is 3.48. The first kappa shape index (κ1) is 9.31. The molecule has 1 aliphatic carbocycles. The van der Waals surface area contributed by atoms with Crippen molar-refractivity contribution < 1.29 is 0 Å². The molecular formula is C12H18. The summed E-state index contributed by atoms with van der Waals surface area (Å²) in [6.07, 6.45) is 13.8. The van der Waals surface area contributed by atoms with Gasteiger partial charge in [-0.15, -0.1) is 13.2 Å². The van der Waals surface area contributed by atoms with Gasteiger partial charge in [-0.1, -0.05) is 24.3 Å². The zero-order chi connectivity index (χ0) is 8.81. The van der Waals surface area contributed by atoms with E-state index in [2.05, 4.69) is 25.3 Å². The summed E-state index contributed by atoms with van der Waals surface area (Å²) >= 11 is 0. The van der Waals surface area contributed by atoms with E-state index in [4.69, 9.17) is 0 Å². The van der Waals surface area contributed by atoms with Gasteiger partial charge < -0.3 is 0 Å². The van der Waals surface area contributed by atoms with Crippen molar-refractivity contribution in [2.45, 2.75) is 25.7 Å². The lowest BCUT2D eigenvalue weighted by Crippen LogP contribution is -1.97. The molecule has 1 rings (SSSR count). The van der Waals surface area contributed by atoms with E-state index < -0.39 is 0 Å². The molecule has 0 saturated heterocycles. The number of rotatable bonds is 5. The standard InChI is InChI=1S/C12H18/c1-3-11(4-2)9-10-12-7-5-6-8-12/h3-5,7,11-12H,1-2,6,8-10H2. The molecule has 0 aromatic heterocycles. The molecule has 0 heteroatoms. The Morgan fingerprint density at radius 3 is 2.67 bits per heavy atom. The summed E-state index contributed by atoms with van der Waals surface area (Å²) in [4.78, 5) is 0. The smallest absolute Gasteiger partial charge is 0.00586 e. The van der Waals surface area contributed by atoms with Crippen molar-refractivity contribution in [1.82, 2.24) is 0 Å². The largest absolute Gasteiger partial charge is 0.102 e. The maximum Gasteiger partial charge on any atom is -0.00586 e. The molecule has 0 saturated carbocycles. The highest BCUT2D eigenvalue weighted by Crippen LogP contribution is 2.24. The molecule has 0 N–H and O–H groups in total. The van der Waals surface area contributed by atoms with Gasteiger partial charge >= 0.3 is 0 Å². The highest BCUT2D eigenvalue weighted by molar-refractivity contribution is 4.98. The lowest BCUT2D eigenvalue weighted by molar-refractivity contribution is 0.521. The van der Waals surface area contributed by atoms with Crippen molar-refractivity contribution in [1.29, 1.82) is 0 Å². The molecule has 1 aliphatic rings. The molecule has 0 bridgehead atoms. The van der Waals surface area contributed by atoms with E-state index in [0.29, 0.717) is 5.92 Å². The minimum Gasteiger partial charge on any atom is -0.102 e. The Hall–Kier alpha value is -0.780. The van der Waals surface area contributed by atoms with Gasteiger partial charge in [-0.3, -0.25) is 0 Å². The van der Waals surface area contributed by atoms with Gasteiger partial charge in [-0.05, 0) is 37.5 Å². The number of hydrogen-bond donors (Lipinski definition) is 0. The monoisotopic (exact) mass is 162 g/mol. The summed E-state index contributed by atoms with van der Waals surface area (Å²) in [5.41, 5.74) is 0. The molecule has 0 amide bonds. The maximum atomic E-state index is 3.79. The molecule has 0 heterocycles. The van der Waals surface area contributed by atoms with Crippen molar-refractivity contribution in [2.24, 2.45) is 11.8 Å². The SMILES string of the molecule is C=CC(C=C)CCC1C=CCC1. The van der Waals surface area contributed by atoms with Crippen LogP contribution in [0.25, 0.3) is 0 Å². The van der Waals surface area contributed by atoms with E-state index in [-0.39, 0.29) is 0 Å². The fourth-order valence-corrected chi connectivity index (χ4v) is 1.67. The van der Waals surface area contributed by atoms with Crippen molar-refractivity contribution in [2.75, 3.05) is 0 Å². The lowest BCUT2D eigenvalue weighted by atomic mass is 9.95. The molecule has 1 unspecified atom stereocenters. The van der Waals surface area contributed by atoms with Crippen LogP contribution in [0.2, 0.25) is 0 Å². The van der Waals surface area contributed by atoms with E-state index in [9.17, 15) is 0 Å². The molecule has 0 nitrogen and oxygen atoms in total. The summed E-state index contributed by atoms with van der Waals surface area (Å²) in [7, 11) is 0. The first-order chi connectivity index (χ1) is 5.86. The summed E-state index contributed by atoms with van der Waals surface area (Å²) in [5.74, 6) is 1.34. The van der Waals surface area contributed by atoms with Crippen LogP contribution in [0.3, 0.4) is 0 Å². The van der Waals surface area contributed by atoms with Crippen LogP contribution in [0.1, 0.15) is 25.7 Å². The maximum absolute atomic E-state index is 3.79. The minimum absolute atomic E-state index is 0.513. The van der Waals surface area contributed by atoms with Crippen molar-refractivity contribution in [3.8, 4) is 0 Å². The Labute approximate surface area is 75.7 Å². The van der Waals surface area contributed by atoms with Crippen LogP contribution >= 0.6 is 0 Å². The average Bonchev–Trinajstić information content (AvgIpc) is 2.59. The highest BCUT2D eigenvalue weighted by Gasteiger charge is 2.09. The Morgan fingerprint density at radius 2 is 2.17 bits per heavy atom. The summed E-state index contributed by atoms with van der Waals surface area (Å²) in [6.45, 7) is 7.58. The third kappa shape index (κ3) is 2.69. The Morgan fingerprint density at radius 1 is 1.42 bits per heavy atom. The van der Waals surface area contributed by atoms with Crippen molar-refractivity contribution in [3.05, 3.63) is 37.5 Å². The number of allylic oxidation sites excluding steroid dienone is 4. The van der Waals surface area contributed by atoms with Crippen LogP contribution in [0.5, 0.6) is 0 Å². The molecule has 0 aromatic rings. The average molecular weight is 162 g/mol. The van der Waals surface area contributed by atoms with Crippen LogP contribution in [0.4, 0.5) is 0 Å². The van der Waals surface area contributed by atoms with Gasteiger partial charge in [0.2, 0.25) is 0 Å². The molecule has 0 fully saturated rings. The van der Waals surface area contributed by atoms with Crippen LogP contribution < -0.4 is 0 Å². The second kappa shape index (κ2) is 4.97. The van der Waals surface area contributed by atoms with E-state index in [1.54, 1.807) is 0 Å². The molecule has 0 spiro atoms. The molecule has 1 atom stereocenters. The van der Waals surface area contributed by atoms with E-state index in [1.807, 2.05) is 12.2 Å². The first-order valence-corrected chi connectivity index (χ1v) is 4.78. The lowest BCUT2D eigenvalue weighted by Gasteiger charge is -2.10. The first-order valence-electron chi connectivity index (χ1n) is 4.78. The molecule has 66 valence electrons. The van der Waals surface area contributed by atoms with Gasteiger partial charge in [0.15, 0.2) is 0 Å². The summed E-state index contributed by atoms with van der Waals surface area (Å²) in [6, 6.07) is 0. The molecular weight excluding hydrogens is 144 g/mol. The normalized spacial score (nSPS) is 21.6. The topological polar surface area (TPSA) is 0 Å². The highest BCUT2D eigenvalue weighted by atomic mass is 14.1. The van der Waals surface area contributed by atoms with E-state index in [1.165, 1.54) is 25.7 Å². The quantitative estimate of drug-likeness (QED) is 0.540. The Kier molecular flexibility index (Phi) is 3.86. The number of hydrogen-bond acceptors (Lipinski definition) is 0.